The van der Waals surface area contributed by atoms with E-state index < -0.39 is 40.0 Å². The number of rotatable bonds is 8. The molecule has 3 amide bonds. The first-order chi connectivity index (χ1) is 18.4. The van der Waals surface area contributed by atoms with Crippen molar-refractivity contribution >= 4 is 27.7 Å². The van der Waals surface area contributed by atoms with Gasteiger partial charge in [-0.3, -0.25) is 14.4 Å². The average molecular weight is 548 g/mol. The zero-order chi connectivity index (χ0) is 28.4. The number of carbonyl (C=O) groups excluding carboxylic acids is 3. The maximum absolute atomic E-state index is 13.9. The van der Waals surface area contributed by atoms with Crippen LogP contribution in [0.3, 0.4) is 0 Å². The SMILES string of the molecule is Cc1ccc(CN(C(=O)CN2C(=O)c3ccccc3S2(=O)=O)C(Cc2ccccc2)C(=O)NC(C)(C)C)cc1. The summed E-state index contributed by atoms with van der Waals surface area (Å²) in [5, 5.41) is 2.97. The number of benzene rings is 3. The first kappa shape index (κ1) is 28.0. The van der Waals surface area contributed by atoms with Crippen molar-refractivity contribution in [2.24, 2.45) is 0 Å². The fraction of sp³-hybridized carbons (Fsp3) is 0.300. The Morgan fingerprint density at radius 1 is 0.897 bits per heavy atom. The van der Waals surface area contributed by atoms with Crippen molar-refractivity contribution in [3.63, 3.8) is 0 Å². The molecule has 1 atom stereocenters. The maximum Gasteiger partial charge on any atom is 0.269 e. The summed E-state index contributed by atoms with van der Waals surface area (Å²) in [6, 6.07) is 21.8. The van der Waals surface area contributed by atoms with Crippen molar-refractivity contribution in [2.45, 2.75) is 57.1 Å². The Balaban J connectivity index is 1.72. The molecular weight excluding hydrogens is 514 g/mol. The fourth-order valence-corrected chi connectivity index (χ4v) is 6.02. The summed E-state index contributed by atoms with van der Waals surface area (Å²) in [5.41, 5.74) is 2.11. The third kappa shape index (κ3) is 6.37. The molecule has 8 nitrogen and oxygen atoms in total. The smallest absolute Gasteiger partial charge is 0.269 e. The molecule has 3 aromatic carbocycles. The van der Waals surface area contributed by atoms with Crippen molar-refractivity contribution in [3.05, 3.63) is 101 Å². The Kier molecular flexibility index (Phi) is 7.92. The molecular formula is C30H33N3O5S. The molecule has 39 heavy (non-hydrogen) atoms. The quantitative estimate of drug-likeness (QED) is 0.463. The highest BCUT2D eigenvalue weighted by atomic mass is 32.2. The van der Waals surface area contributed by atoms with Gasteiger partial charge in [0.05, 0.1) is 5.56 Å². The van der Waals surface area contributed by atoms with Crippen LogP contribution in [0, 0.1) is 6.92 Å². The number of sulfonamides is 1. The van der Waals surface area contributed by atoms with E-state index in [1.165, 1.54) is 23.1 Å². The van der Waals surface area contributed by atoms with Crippen LogP contribution in [0.25, 0.3) is 0 Å². The molecule has 0 saturated heterocycles. The second-order valence-corrected chi connectivity index (χ2v) is 12.6. The largest absolute Gasteiger partial charge is 0.350 e. The van der Waals surface area contributed by atoms with Crippen molar-refractivity contribution in [1.29, 1.82) is 0 Å². The lowest BCUT2D eigenvalue weighted by Crippen LogP contribution is -2.56. The lowest BCUT2D eigenvalue weighted by molar-refractivity contribution is -0.141. The van der Waals surface area contributed by atoms with Crippen molar-refractivity contribution in [3.8, 4) is 0 Å². The summed E-state index contributed by atoms with van der Waals surface area (Å²) in [5.74, 6) is -1.77. The molecule has 204 valence electrons. The molecule has 1 unspecified atom stereocenters. The van der Waals surface area contributed by atoms with Crippen LogP contribution in [-0.4, -0.2) is 53.5 Å². The van der Waals surface area contributed by atoms with Crippen molar-refractivity contribution < 1.29 is 22.8 Å². The van der Waals surface area contributed by atoms with Gasteiger partial charge in [0.2, 0.25) is 11.8 Å². The van der Waals surface area contributed by atoms with Crippen LogP contribution in [-0.2, 0) is 32.6 Å². The lowest BCUT2D eigenvalue weighted by Gasteiger charge is -2.34. The molecule has 0 aromatic heterocycles. The summed E-state index contributed by atoms with van der Waals surface area (Å²) in [7, 11) is -4.20. The maximum atomic E-state index is 13.9. The predicted octanol–water partition coefficient (Wildman–Crippen LogP) is 3.69. The zero-order valence-electron chi connectivity index (χ0n) is 22.5. The Labute approximate surface area is 229 Å². The third-order valence-electron chi connectivity index (χ3n) is 6.43. The van der Waals surface area contributed by atoms with Crippen molar-refractivity contribution in [2.75, 3.05) is 6.54 Å². The minimum absolute atomic E-state index is 0.0293. The summed E-state index contributed by atoms with van der Waals surface area (Å²) >= 11 is 0. The number of hydrogen-bond donors (Lipinski definition) is 1. The van der Waals surface area contributed by atoms with Gasteiger partial charge in [0.1, 0.15) is 17.5 Å². The minimum Gasteiger partial charge on any atom is -0.350 e. The Bertz CT molecular complexity index is 1480. The van der Waals surface area contributed by atoms with Crippen LogP contribution in [0.4, 0.5) is 0 Å². The van der Waals surface area contributed by atoms with Gasteiger partial charge in [0, 0.05) is 18.5 Å². The van der Waals surface area contributed by atoms with Gasteiger partial charge in [-0.1, -0.05) is 72.3 Å². The molecule has 0 fully saturated rings. The van der Waals surface area contributed by atoms with Crippen LogP contribution < -0.4 is 5.32 Å². The lowest BCUT2D eigenvalue weighted by atomic mass is 10.0. The fourth-order valence-electron chi connectivity index (χ4n) is 4.50. The summed E-state index contributed by atoms with van der Waals surface area (Å²) in [6.45, 7) is 6.85. The molecule has 0 bridgehead atoms. The monoisotopic (exact) mass is 547 g/mol. The van der Waals surface area contributed by atoms with E-state index >= 15 is 0 Å². The van der Waals surface area contributed by atoms with Gasteiger partial charge in [-0.25, -0.2) is 12.7 Å². The Hall–Kier alpha value is -3.98. The van der Waals surface area contributed by atoms with Gasteiger partial charge in [-0.05, 0) is 51.0 Å². The number of fused-ring (bicyclic) bond motifs is 1. The number of hydrogen-bond acceptors (Lipinski definition) is 5. The van der Waals surface area contributed by atoms with Gasteiger partial charge in [0.15, 0.2) is 0 Å². The second kappa shape index (κ2) is 11.0. The number of nitrogens with zero attached hydrogens (tertiary/aromatic N) is 2. The standard InChI is InChI=1S/C30H33N3O5S/c1-21-14-16-23(17-15-21)19-32(25(28(35)31-30(2,3)4)18-22-10-6-5-7-11-22)27(34)20-33-29(36)24-12-8-9-13-26(24)39(33,37)38/h5-17,25H,18-20H2,1-4H3,(H,31,35). The van der Waals surface area contributed by atoms with Gasteiger partial charge in [-0.15, -0.1) is 0 Å². The second-order valence-electron chi connectivity index (χ2n) is 10.8. The van der Waals surface area contributed by atoms with Gasteiger partial charge >= 0.3 is 0 Å². The molecule has 0 saturated carbocycles. The molecule has 0 aliphatic carbocycles. The Morgan fingerprint density at radius 2 is 1.51 bits per heavy atom. The molecule has 1 aliphatic rings. The van der Waals surface area contributed by atoms with Gasteiger partial charge in [-0.2, -0.15) is 0 Å². The van der Waals surface area contributed by atoms with Gasteiger partial charge < -0.3 is 10.2 Å². The van der Waals surface area contributed by atoms with E-state index in [0.717, 1.165) is 16.7 Å². The number of amides is 3. The van der Waals surface area contributed by atoms with E-state index in [1.807, 2.05) is 82.3 Å². The van der Waals surface area contributed by atoms with E-state index in [4.69, 9.17) is 0 Å². The summed E-state index contributed by atoms with van der Waals surface area (Å²) < 4.78 is 27.0. The van der Waals surface area contributed by atoms with E-state index in [1.54, 1.807) is 6.07 Å². The van der Waals surface area contributed by atoms with Crippen LogP contribution >= 0.6 is 0 Å². The number of aryl methyl sites for hydroxylation is 1. The summed E-state index contributed by atoms with van der Waals surface area (Å²) in [4.78, 5) is 41.9. The summed E-state index contributed by atoms with van der Waals surface area (Å²) in [6.07, 6.45) is 0.210. The number of nitrogens with one attached hydrogen (secondary N) is 1. The van der Waals surface area contributed by atoms with E-state index in [9.17, 15) is 22.8 Å². The first-order valence-corrected chi connectivity index (χ1v) is 14.2. The molecule has 1 N–H and O–H groups in total. The molecule has 1 heterocycles. The molecule has 0 radical (unpaired) electrons. The van der Waals surface area contributed by atoms with E-state index in [0.29, 0.717) is 4.31 Å². The minimum atomic E-state index is -4.20. The highest BCUT2D eigenvalue weighted by molar-refractivity contribution is 7.90. The highest BCUT2D eigenvalue weighted by Gasteiger charge is 2.43. The zero-order valence-corrected chi connectivity index (χ0v) is 23.4. The van der Waals surface area contributed by atoms with Gasteiger partial charge in [0.25, 0.3) is 15.9 Å². The molecule has 0 spiro atoms. The number of carbonyl (C=O) groups is 3. The van der Waals surface area contributed by atoms with Crippen molar-refractivity contribution in [1.82, 2.24) is 14.5 Å². The Morgan fingerprint density at radius 3 is 2.13 bits per heavy atom. The van der Waals surface area contributed by atoms with E-state index in [-0.39, 0.29) is 29.3 Å². The van der Waals surface area contributed by atoms with Crippen LogP contribution in [0.15, 0.2) is 83.8 Å². The van der Waals surface area contributed by atoms with Crippen LogP contribution in [0.1, 0.15) is 47.8 Å². The van der Waals surface area contributed by atoms with Crippen LogP contribution in [0.2, 0.25) is 0 Å². The predicted molar refractivity (Wildman–Crippen MR) is 148 cm³/mol. The first-order valence-electron chi connectivity index (χ1n) is 12.7. The average Bonchev–Trinajstić information content (AvgIpc) is 3.07. The van der Waals surface area contributed by atoms with E-state index in [2.05, 4.69) is 5.32 Å². The third-order valence-corrected chi connectivity index (χ3v) is 8.22. The van der Waals surface area contributed by atoms with Crippen LogP contribution in [0.5, 0.6) is 0 Å². The molecule has 3 aromatic rings. The molecule has 9 heteroatoms. The normalized spacial score (nSPS) is 15.0. The topological polar surface area (TPSA) is 104 Å². The highest BCUT2D eigenvalue weighted by Crippen LogP contribution is 2.30. The molecule has 1 aliphatic heterocycles. The molecule has 4 rings (SSSR count).